The summed E-state index contributed by atoms with van der Waals surface area (Å²) in [6.07, 6.45) is 0.973. The van der Waals surface area contributed by atoms with E-state index in [0.717, 1.165) is 18.0 Å². The molecule has 4 aromatic rings. The van der Waals surface area contributed by atoms with Gasteiger partial charge in [0.25, 0.3) is 0 Å². The Kier molecular flexibility index (Phi) is 7.28. The Hall–Kier alpha value is -3.12. The third-order valence-electron chi connectivity index (χ3n) is 6.20. The zero-order chi connectivity index (χ0) is 26.1. The van der Waals surface area contributed by atoms with Gasteiger partial charge in [0.15, 0.2) is 12.2 Å². The van der Waals surface area contributed by atoms with Crippen molar-refractivity contribution in [1.82, 2.24) is 0 Å². The van der Waals surface area contributed by atoms with Crippen LogP contribution in [0, 0.1) is 0 Å². The van der Waals surface area contributed by atoms with E-state index in [2.05, 4.69) is 98.1 Å². The molecule has 1 aromatic heterocycles. The van der Waals surface area contributed by atoms with E-state index >= 15 is 0 Å². The molecular weight excluding hydrogens is 485 g/mol. The van der Waals surface area contributed by atoms with Crippen LogP contribution in [0.1, 0.15) is 43.2 Å². The van der Waals surface area contributed by atoms with E-state index in [1.54, 1.807) is 0 Å². The number of hydrogen-bond donors (Lipinski definition) is 0. The summed E-state index contributed by atoms with van der Waals surface area (Å²) in [6, 6.07) is 30.4. The molecule has 0 radical (unpaired) electrons. The second-order valence-electron chi connectivity index (χ2n) is 9.93. The number of halogens is 5. The van der Waals surface area contributed by atoms with E-state index in [1.807, 2.05) is 12.1 Å². The maximum absolute atomic E-state index is 9.75. The Balaban J connectivity index is 0.000000556. The lowest BCUT2D eigenvalue weighted by Gasteiger charge is -2.21. The summed E-state index contributed by atoms with van der Waals surface area (Å²) in [7, 11) is -6.00. The molecule has 1 aliphatic carbocycles. The highest BCUT2D eigenvalue weighted by Gasteiger charge is 2.37. The van der Waals surface area contributed by atoms with E-state index in [1.165, 1.54) is 44.8 Å². The van der Waals surface area contributed by atoms with Crippen LogP contribution in [0.25, 0.3) is 22.4 Å². The van der Waals surface area contributed by atoms with E-state index in [0.29, 0.717) is 0 Å². The van der Waals surface area contributed by atoms with Crippen molar-refractivity contribution >= 4 is 18.9 Å². The Morgan fingerprint density at radius 3 is 2.00 bits per heavy atom. The lowest BCUT2D eigenvalue weighted by atomic mass is 9.86. The predicted octanol–water partition coefficient (Wildman–Crippen LogP) is 8.51. The fourth-order valence-electron chi connectivity index (χ4n) is 4.73. The molecule has 0 atom stereocenters. The molecule has 1 heterocycles. The van der Waals surface area contributed by atoms with E-state index in [4.69, 9.17) is 11.6 Å². The van der Waals surface area contributed by atoms with E-state index in [9.17, 15) is 17.3 Å². The second kappa shape index (κ2) is 10.1. The molecule has 0 amide bonds. The van der Waals surface area contributed by atoms with Crippen LogP contribution >= 0.6 is 11.6 Å². The van der Waals surface area contributed by atoms with Crippen LogP contribution in [0.15, 0.2) is 84.9 Å². The van der Waals surface area contributed by atoms with Crippen molar-refractivity contribution in [3.8, 4) is 22.4 Å². The zero-order valence-electron chi connectivity index (χ0n) is 20.4. The van der Waals surface area contributed by atoms with Crippen molar-refractivity contribution in [1.29, 1.82) is 0 Å². The normalized spacial score (nSPS) is 12.4. The minimum atomic E-state index is -6.00. The van der Waals surface area contributed by atoms with Crippen molar-refractivity contribution in [2.45, 2.75) is 39.2 Å². The van der Waals surface area contributed by atoms with Crippen molar-refractivity contribution in [3.63, 3.8) is 0 Å². The number of benzene rings is 3. The van der Waals surface area contributed by atoms with Gasteiger partial charge in [-0.1, -0.05) is 93.0 Å². The van der Waals surface area contributed by atoms with Gasteiger partial charge in [-0.2, -0.15) is 4.57 Å². The third kappa shape index (κ3) is 5.99. The highest BCUT2D eigenvalue weighted by atomic mass is 35.5. The molecule has 3 aromatic carbocycles. The highest BCUT2D eigenvalue weighted by Crippen LogP contribution is 2.41. The summed E-state index contributed by atoms with van der Waals surface area (Å²) in [6.45, 7) is 7.75. The largest absolute Gasteiger partial charge is 0.673 e. The summed E-state index contributed by atoms with van der Waals surface area (Å²) in [4.78, 5) is 0. The van der Waals surface area contributed by atoms with Gasteiger partial charge in [0.2, 0.25) is 5.69 Å². The molecule has 0 N–H and O–H groups in total. The predicted molar refractivity (Wildman–Crippen MR) is 140 cm³/mol. The van der Waals surface area contributed by atoms with Gasteiger partial charge in [-0.25, -0.2) is 0 Å². The monoisotopic (exact) mass is 511 g/mol. The molecule has 0 unspecified atom stereocenters. The minimum Gasteiger partial charge on any atom is -0.418 e. The molecule has 0 saturated heterocycles. The van der Waals surface area contributed by atoms with Crippen LogP contribution < -0.4 is 4.57 Å². The maximum atomic E-state index is 9.75. The molecule has 1 nitrogen and oxygen atoms in total. The Labute approximate surface area is 214 Å². The first-order valence-corrected chi connectivity index (χ1v) is 12.2. The van der Waals surface area contributed by atoms with Crippen LogP contribution in [0.5, 0.6) is 0 Å². The van der Waals surface area contributed by atoms with Gasteiger partial charge in [-0.3, -0.25) is 0 Å². The molecule has 0 aliphatic heterocycles. The van der Waals surface area contributed by atoms with Gasteiger partial charge in [-0.15, -0.1) is 0 Å². The molecule has 0 bridgehead atoms. The van der Waals surface area contributed by atoms with E-state index in [-0.39, 0.29) is 5.41 Å². The molecule has 1 aliphatic rings. The number of aromatic nitrogens is 1. The van der Waals surface area contributed by atoms with Crippen LogP contribution in [0.4, 0.5) is 17.3 Å². The van der Waals surface area contributed by atoms with Crippen molar-refractivity contribution < 1.29 is 21.8 Å². The molecule has 0 fully saturated rings. The van der Waals surface area contributed by atoms with E-state index < -0.39 is 7.25 Å². The fourth-order valence-corrected chi connectivity index (χ4v) is 4.85. The molecule has 7 heteroatoms. The van der Waals surface area contributed by atoms with Gasteiger partial charge in [0, 0.05) is 34.1 Å². The summed E-state index contributed by atoms with van der Waals surface area (Å²) < 4.78 is 41.5. The zero-order valence-corrected chi connectivity index (χ0v) is 21.2. The molecule has 36 heavy (non-hydrogen) atoms. The number of fused-ring (bicyclic) bond motifs is 3. The molecule has 0 spiro atoms. The lowest BCUT2D eigenvalue weighted by Crippen LogP contribution is -2.46. The third-order valence-corrected chi connectivity index (χ3v) is 6.45. The van der Waals surface area contributed by atoms with Crippen LogP contribution in [-0.4, -0.2) is 7.25 Å². The van der Waals surface area contributed by atoms with Crippen molar-refractivity contribution in [3.05, 3.63) is 112 Å². The lowest BCUT2D eigenvalue weighted by molar-refractivity contribution is -0.688. The van der Waals surface area contributed by atoms with Gasteiger partial charge in [0.05, 0.1) is 5.56 Å². The van der Waals surface area contributed by atoms with Gasteiger partial charge >= 0.3 is 7.25 Å². The average molecular weight is 512 g/mol. The number of hydrogen-bond acceptors (Lipinski definition) is 0. The van der Waals surface area contributed by atoms with Crippen LogP contribution in [0.3, 0.4) is 0 Å². The number of pyridine rings is 1. The van der Waals surface area contributed by atoms with Gasteiger partial charge < -0.3 is 17.3 Å². The first-order chi connectivity index (χ1) is 16.9. The van der Waals surface area contributed by atoms with Crippen LogP contribution in [-0.2, 0) is 18.4 Å². The number of nitrogens with zero attached hydrogens (tertiary/aromatic N) is 1. The summed E-state index contributed by atoms with van der Waals surface area (Å²) in [5.74, 6) is 0. The maximum Gasteiger partial charge on any atom is 0.673 e. The SMILES string of the molecule is CC(C)(C)c1cc(-c2ccccc2)c2c([n+]1Cc1ccc(Cl)cc1)-c1ccccc1C2.F[B-](F)(F)F. The topological polar surface area (TPSA) is 3.88 Å². The fraction of sp³-hybridized carbons (Fsp3) is 0.207. The van der Waals surface area contributed by atoms with Crippen molar-refractivity contribution in [2.24, 2.45) is 0 Å². The highest BCUT2D eigenvalue weighted by molar-refractivity contribution is 6.50. The standard InChI is InChI=1S/C29H27ClN.BF4/c1-29(2,3)27-18-25(21-9-5-4-6-10-21)26-17-22-11-7-8-12-24(22)28(26)31(27)19-20-13-15-23(30)16-14-20;2-1(3,4)5/h4-16,18H,17,19H2,1-3H3;/q+1;-1. The number of rotatable bonds is 3. The summed E-state index contributed by atoms with van der Waals surface area (Å²) in [5.41, 5.74) is 10.8. The summed E-state index contributed by atoms with van der Waals surface area (Å²) >= 11 is 6.16. The quantitative estimate of drug-likeness (QED) is 0.130. The van der Waals surface area contributed by atoms with Gasteiger partial charge in [-0.05, 0) is 34.9 Å². The smallest absolute Gasteiger partial charge is 0.418 e. The molecule has 0 saturated carbocycles. The minimum absolute atomic E-state index is 0.00250. The second-order valence-corrected chi connectivity index (χ2v) is 10.4. The first-order valence-electron chi connectivity index (χ1n) is 11.8. The molecule has 186 valence electrons. The molecular formula is C29H27BClF4N. The van der Waals surface area contributed by atoms with Crippen molar-refractivity contribution in [2.75, 3.05) is 0 Å². The first kappa shape index (κ1) is 26.0. The Bertz CT molecular complexity index is 1360. The Morgan fingerprint density at radius 1 is 0.806 bits per heavy atom. The molecule has 5 rings (SSSR count). The van der Waals surface area contributed by atoms with Crippen LogP contribution in [0.2, 0.25) is 5.02 Å². The summed E-state index contributed by atoms with van der Waals surface area (Å²) in [5, 5.41) is 0.778. The average Bonchev–Trinajstić information content (AvgIpc) is 3.19. The Morgan fingerprint density at radius 2 is 1.39 bits per heavy atom. The van der Waals surface area contributed by atoms with Gasteiger partial charge in [0.1, 0.15) is 0 Å².